The van der Waals surface area contributed by atoms with E-state index >= 15 is 0 Å². The zero-order valence-electron chi connectivity index (χ0n) is 14.0. The molecule has 0 spiro atoms. The normalized spacial score (nSPS) is 12.2. The highest BCUT2D eigenvalue weighted by atomic mass is 32.2. The topological polar surface area (TPSA) is 65.4 Å². The van der Waals surface area contributed by atoms with Gasteiger partial charge in [-0.05, 0) is 36.4 Å². The molecule has 0 unspecified atom stereocenters. The number of alkyl halides is 3. The molecular formula is C17H11F4NO4S2. The Morgan fingerprint density at radius 3 is 2.25 bits per heavy atom. The Bertz CT molecular complexity index is 1180. The molecule has 0 atom stereocenters. The molecule has 0 fully saturated rings. The zero-order chi connectivity index (χ0) is 20.7. The fourth-order valence-corrected chi connectivity index (χ4v) is 4.00. The van der Waals surface area contributed by atoms with E-state index in [1.54, 1.807) is 0 Å². The lowest BCUT2D eigenvalue weighted by Crippen LogP contribution is -2.17. The Morgan fingerprint density at radius 2 is 1.71 bits per heavy atom. The van der Waals surface area contributed by atoms with Crippen LogP contribution in [0.25, 0.3) is 16.9 Å². The maximum atomic E-state index is 14.2. The highest BCUT2D eigenvalue weighted by Gasteiger charge is 2.31. The Labute approximate surface area is 160 Å². The highest BCUT2D eigenvalue weighted by Crippen LogP contribution is 2.28. The van der Waals surface area contributed by atoms with Crippen molar-refractivity contribution in [2.75, 3.05) is 6.26 Å². The van der Waals surface area contributed by atoms with Crippen LogP contribution in [0.5, 0.6) is 5.75 Å². The predicted molar refractivity (Wildman–Crippen MR) is 95.1 cm³/mol. The van der Waals surface area contributed by atoms with Gasteiger partial charge in [-0.1, -0.05) is 17.4 Å². The van der Waals surface area contributed by atoms with Gasteiger partial charge in [0.1, 0.15) is 16.5 Å². The molecule has 2 aromatic carbocycles. The summed E-state index contributed by atoms with van der Waals surface area (Å²) in [5.41, 5.74) is 0.737. The van der Waals surface area contributed by atoms with E-state index in [1.807, 2.05) is 0 Å². The summed E-state index contributed by atoms with van der Waals surface area (Å²) in [4.78, 5) is 11.3. The van der Waals surface area contributed by atoms with E-state index in [4.69, 9.17) is 0 Å². The summed E-state index contributed by atoms with van der Waals surface area (Å²) in [6.45, 7) is 0. The smallest absolute Gasteiger partial charge is 0.406 e. The maximum Gasteiger partial charge on any atom is 0.573 e. The molecule has 0 amide bonds. The van der Waals surface area contributed by atoms with Crippen molar-refractivity contribution in [3.63, 3.8) is 0 Å². The standard InChI is InChI=1S/C17H11F4NO4S2/c1-28(24,25)15-7-2-10(8-13(15)18)14-9-27-16(23)22(14)11-3-5-12(6-4-11)26-17(19,20)21/h2-9H,1H3. The van der Waals surface area contributed by atoms with Gasteiger partial charge in [0.15, 0.2) is 9.84 Å². The van der Waals surface area contributed by atoms with Crippen molar-refractivity contribution in [1.29, 1.82) is 0 Å². The van der Waals surface area contributed by atoms with Gasteiger partial charge >= 0.3 is 11.2 Å². The summed E-state index contributed by atoms with van der Waals surface area (Å²) in [5, 5.41) is 1.44. The number of halogens is 4. The molecule has 0 aliphatic heterocycles. The van der Waals surface area contributed by atoms with Crippen LogP contribution in [0, 0.1) is 5.82 Å². The fourth-order valence-electron chi connectivity index (χ4n) is 2.51. The van der Waals surface area contributed by atoms with Crippen molar-refractivity contribution in [3.8, 4) is 22.7 Å². The Morgan fingerprint density at radius 1 is 1.07 bits per heavy atom. The van der Waals surface area contributed by atoms with Crippen LogP contribution in [-0.2, 0) is 9.84 Å². The Balaban J connectivity index is 2.04. The third-order valence-electron chi connectivity index (χ3n) is 3.65. The van der Waals surface area contributed by atoms with Crippen molar-refractivity contribution in [2.24, 2.45) is 0 Å². The van der Waals surface area contributed by atoms with Gasteiger partial charge in [-0.3, -0.25) is 9.36 Å². The molecule has 148 valence electrons. The third kappa shape index (κ3) is 4.25. The molecule has 0 radical (unpaired) electrons. The molecule has 0 saturated carbocycles. The molecule has 0 aliphatic carbocycles. The van der Waals surface area contributed by atoms with Crippen LogP contribution >= 0.6 is 11.3 Å². The number of hydrogen-bond donors (Lipinski definition) is 0. The second-order valence-corrected chi connectivity index (χ2v) is 8.49. The second kappa shape index (κ2) is 7.06. The molecule has 3 aromatic rings. The summed E-state index contributed by atoms with van der Waals surface area (Å²) < 4.78 is 79.0. The summed E-state index contributed by atoms with van der Waals surface area (Å²) >= 11 is 0.806. The molecule has 0 saturated heterocycles. The number of rotatable bonds is 4. The number of benzene rings is 2. The number of nitrogens with zero attached hydrogens (tertiary/aromatic N) is 1. The third-order valence-corrected chi connectivity index (χ3v) is 5.51. The van der Waals surface area contributed by atoms with E-state index in [9.17, 15) is 30.8 Å². The van der Waals surface area contributed by atoms with Gasteiger partial charge in [-0.25, -0.2) is 12.8 Å². The Hall–Kier alpha value is -2.66. The van der Waals surface area contributed by atoms with Gasteiger partial charge in [0, 0.05) is 17.2 Å². The molecule has 5 nitrogen and oxygen atoms in total. The average Bonchev–Trinajstić information content (AvgIpc) is 2.94. The van der Waals surface area contributed by atoms with Crippen molar-refractivity contribution in [1.82, 2.24) is 4.57 Å². The van der Waals surface area contributed by atoms with E-state index in [-0.39, 0.29) is 16.9 Å². The van der Waals surface area contributed by atoms with Crippen molar-refractivity contribution >= 4 is 21.2 Å². The van der Waals surface area contributed by atoms with Crippen LogP contribution in [0.3, 0.4) is 0 Å². The number of ether oxygens (including phenoxy) is 1. The summed E-state index contributed by atoms with van der Waals surface area (Å²) in [6, 6.07) is 8.01. The number of sulfone groups is 1. The van der Waals surface area contributed by atoms with Gasteiger partial charge in [-0.15, -0.1) is 13.2 Å². The molecule has 0 aliphatic rings. The number of hydrogen-bond acceptors (Lipinski definition) is 5. The lowest BCUT2D eigenvalue weighted by molar-refractivity contribution is -0.274. The van der Waals surface area contributed by atoms with Gasteiger partial charge in [0.25, 0.3) is 0 Å². The van der Waals surface area contributed by atoms with Crippen LogP contribution in [0.2, 0.25) is 0 Å². The van der Waals surface area contributed by atoms with E-state index in [0.717, 1.165) is 41.9 Å². The first-order valence-electron chi connectivity index (χ1n) is 7.52. The average molecular weight is 433 g/mol. The summed E-state index contributed by atoms with van der Waals surface area (Å²) in [7, 11) is -3.76. The lowest BCUT2D eigenvalue weighted by atomic mass is 10.1. The molecule has 0 bridgehead atoms. The van der Waals surface area contributed by atoms with Gasteiger partial charge in [0.05, 0.1) is 11.4 Å². The SMILES string of the molecule is CS(=O)(=O)c1ccc(-c2csc(=O)n2-c2ccc(OC(F)(F)F)cc2)cc1F. The second-order valence-electron chi connectivity index (χ2n) is 5.68. The van der Waals surface area contributed by atoms with E-state index < -0.39 is 37.5 Å². The van der Waals surface area contributed by atoms with Crippen molar-refractivity contribution in [3.05, 3.63) is 63.3 Å². The highest BCUT2D eigenvalue weighted by molar-refractivity contribution is 7.90. The monoisotopic (exact) mass is 433 g/mol. The zero-order valence-corrected chi connectivity index (χ0v) is 15.7. The van der Waals surface area contributed by atoms with Gasteiger partial charge in [-0.2, -0.15) is 0 Å². The lowest BCUT2D eigenvalue weighted by Gasteiger charge is -2.11. The fraction of sp³-hybridized carbons (Fsp3) is 0.118. The summed E-state index contributed by atoms with van der Waals surface area (Å²) in [6.07, 6.45) is -3.97. The number of aromatic nitrogens is 1. The van der Waals surface area contributed by atoms with Gasteiger partial charge in [0.2, 0.25) is 0 Å². The largest absolute Gasteiger partial charge is 0.573 e. The molecule has 0 N–H and O–H groups in total. The molecule has 11 heteroatoms. The quantitative estimate of drug-likeness (QED) is 0.584. The van der Waals surface area contributed by atoms with Gasteiger partial charge < -0.3 is 4.74 Å². The van der Waals surface area contributed by atoms with Crippen LogP contribution in [-0.4, -0.2) is 25.6 Å². The van der Waals surface area contributed by atoms with E-state index in [1.165, 1.54) is 28.1 Å². The molecular weight excluding hydrogens is 422 g/mol. The first kappa shape index (κ1) is 20.1. The first-order chi connectivity index (χ1) is 13.0. The minimum atomic E-state index is -4.84. The van der Waals surface area contributed by atoms with Crippen LogP contribution in [0.15, 0.2) is 57.5 Å². The van der Waals surface area contributed by atoms with E-state index in [0.29, 0.717) is 0 Å². The van der Waals surface area contributed by atoms with Crippen LogP contribution in [0.1, 0.15) is 0 Å². The minimum Gasteiger partial charge on any atom is -0.406 e. The molecule has 28 heavy (non-hydrogen) atoms. The van der Waals surface area contributed by atoms with Crippen molar-refractivity contribution in [2.45, 2.75) is 11.3 Å². The van der Waals surface area contributed by atoms with Crippen molar-refractivity contribution < 1.29 is 30.7 Å². The van der Waals surface area contributed by atoms with E-state index in [2.05, 4.69) is 4.74 Å². The minimum absolute atomic E-state index is 0.235. The van der Waals surface area contributed by atoms with Crippen LogP contribution < -0.4 is 9.61 Å². The first-order valence-corrected chi connectivity index (χ1v) is 10.3. The summed E-state index contributed by atoms with van der Waals surface area (Å²) in [5.74, 6) is -1.43. The Kier molecular flexibility index (Phi) is 5.06. The molecule has 1 heterocycles. The maximum absolute atomic E-state index is 14.2. The molecule has 3 rings (SSSR count). The molecule has 1 aromatic heterocycles. The van der Waals surface area contributed by atoms with Crippen LogP contribution in [0.4, 0.5) is 17.6 Å². The predicted octanol–water partition coefficient (Wildman–Crippen LogP) is 4.01. The number of thiazole rings is 1.